The quantitative estimate of drug-likeness (QED) is 0.534. The molecule has 6 nitrogen and oxygen atoms in total. The highest BCUT2D eigenvalue weighted by Gasteiger charge is 2.22. The van der Waals surface area contributed by atoms with E-state index in [-0.39, 0.29) is 6.42 Å². The number of carboxylic acid groups (broad SMARTS) is 1. The van der Waals surface area contributed by atoms with Crippen molar-refractivity contribution in [1.29, 1.82) is 0 Å². The molecule has 0 aliphatic carbocycles. The zero-order valence-electron chi connectivity index (χ0n) is 9.25. The summed E-state index contributed by atoms with van der Waals surface area (Å²) in [5.41, 5.74) is 0. The zero-order valence-corrected chi connectivity index (χ0v) is 9.25. The zero-order chi connectivity index (χ0) is 12.6. The monoisotopic (exact) mass is 229 g/mol. The number of ether oxygens (including phenoxy) is 1. The standard InChI is InChI=1S/C10H15NO5/c1-11(2)10(15)16-8(9(13)14)6-4-3-5-7-12/h3,5,7-8H,4,6H2,1-2H3,(H,13,14). The smallest absolute Gasteiger partial charge is 0.410 e. The molecular formula is C10H15NO5. The van der Waals surface area contributed by atoms with Gasteiger partial charge in [0, 0.05) is 14.1 Å². The van der Waals surface area contributed by atoms with Crippen LogP contribution < -0.4 is 0 Å². The number of carboxylic acids is 1. The molecule has 1 N–H and O–H groups in total. The maximum atomic E-state index is 11.1. The van der Waals surface area contributed by atoms with Crippen LogP contribution in [0.3, 0.4) is 0 Å². The number of aldehydes is 1. The molecule has 1 unspecified atom stereocenters. The molecule has 1 amide bonds. The second kappa shape index (κ2) is 7.44. The van der Waals surface area contributed by atoms with Crippen molar-refractivity contribution in [2.24, 2.45) is 0 Å². The van der Waals surface area contributed by atoms with Gasteiger partial charge in [-0.05, 0) is 18.9 Å². The summed E-state index contributed by atoms with van der Waals surface area (Å²) < 4.78 is 4.72. The normalized spacial score (nSPS) is 12.1. The maximum absolute atomic E-state index is 11.1. The molecule has 0 rings (SSSR count). The van der Waals surface area contributed by atoms with Crippen LogP contribution in [0, 0.1) is 0 Å². The molecule has 0 radical (unpaired) electrons. The lowest BCUT2D eigenvalue weighted by atomic mass is 10.2. The molecule has 0 saturated carbocycles. The van der Waals surface area contributed by atoms with Crippen molar-refractivity contribution in [3.63, 3.8) is 0 Å². The fraction of sp³-hybridized carbons (Fsp3) is 0.500. The largest absolute Gasteiger partial charge is 0.479 e. The molecule has 0 aliphatic rings. The minimum Gasteiger partial charge on any atom is -0.479 e. The lowest BCUT2D eigenvalue weighted by Gasteiger charge is -2.16. The Morgan fingerprint density at radius 3 is 2.50 bits per heavy atom. The van der Waals surface area contributed by atoms with E-state index in [9.17, 15) is 14.4 Å². The molecule has 0 fully saturated rings. The Kier molecular flexibility index (Phi) is 6.58. The Balaban J connectivity index is 4.18. The first-order valence-corrected chi connectivity index (χ1v) is 4.70. The van der Waals surface area contributed by atoms with Crippen LogP contribution in [0.4, 0.5) is 4.79 Å². The molecule has 0 heterocycles. The van der Waals surface area contributed by atoms with Gasteiger partial charge in [-0.15, -0.1) is 0 Å². The molecule has 0 aromatic heterocycles. The summed E-state index contributed by atoms with van der Waals surface area (Å²) in [6, 6.07) is 0. The van der Waals surface area contributed by atoms with E-state index in [1.165, 1.54) is 26.2 Å². The second-order valence-corrected chi connectivity index (χ2v) is 3.25. The van der Waals surface area contributed by atoms with E-state index in [1.54, 1.807) is 0 Å². The summed E-state index contributed by atoms with van der Waals surface area (Å²) in [5.74, 6) is -1.20. The number of nitrogens with zero attached hydrogens (tertiary/aromatic N) is 1. The van der Waals surface area contributed by atoms with Gasteiger partial charge in [0.15, 0.2) is 0 Å². The predicted molar refractivity (Wildman–Crippen MR) is 56.0 cm³/mol. The van der Waals surface area contributed by atoms with Crippen LogP contribution in [0.5, 0.6) is 0 Å². The lowest BCUT2D eigenvalue weighted by Crippen LogP contribution is -2.32. The van der Waals surface area contributed by atoms with Gasteiger partial charge in [0.25, 0.3) is 0 Å². The third kappa shape index (κ3) is 5.79. The van der Waals surface area contributed by atoms with Gasteiger partial charge in [0.1, 0.15) is 6.29 Å². The summed E-state index contributed by atoms with van der Waals surface area (Å²) in [5, 5.41) is 8.77. The van der Waals surface area contributed by atoms with Gasteiger partial charge in [-0.1, -0.05) is 6.08 Å². The van der Waals surface area contributed by atoms with Gasteiger partial charge in [-0.2, -0.15) is 0 Å². The van der Waals surface area contributed by atoms with E-state index >= 15 is 0 Å². The number of carbonyl (C=O) groups is 3. The molecule has 0 aliphatic heterocycles. The minimum absolute atomic E-state index is 0.138. The van der Waals surface area contributed by atoms with E-state index in [0.717, 1.165) is 4.90 Å². The number of hydrogen-bond donors (Lipinski definition) is 1. The molecule has 0 aromatic rings. The first-order chi connectivity index (χ1) is 7.49. The first-order valence-electron chi connectivity index (χ1n) is 4.70. The van der Waals surface area contributed by atoms with Crippen LogP contribution >= 0.6 is 0 Å². The predicted octanol–water partition coefficient (Wildman–Crippen LogP) is 0.673. The van der Waals surface area contributed by atoms with Crippen LogP contribution in [0.25, 0.3) is 0 Å². The summed E-state index contributed by atoms with van der Waals surface area (Å²) in [6.45, 7) is 0. The Hall–Kier alpha value is -1.85. The third-order valence-electron chi connectivity index (χ3n) is 1.69. The lowest BCUT2D eigenvalue weighted by molar-refractivity contribution is -0.147. The fourth-order valence-electron chi connectivity index (χ4n) is 0.859. The van der Waals surface area contributed by atoms with E-state index in [0.29, 0.717) is 12.7 Å². The average Bonchev–Trinajstić information content (AvgIpc) is 2.21. The minimum atomic E-state index is -1.20. The summed E-state index contributed by atoms with van der Waals surface area (Å²) >= 11 is 0. The Bertz CT molecular complexity index is 285. The molecule has 0 saturated heterocycles. The average molecular weight is 229 g/mol. The van der Waals surface area contributed by atoms with Crippen LogP contribution in [-0.2, 0) is 14.3 Å². The van der Waals surface area contributed by atoms with Crippen LogP contribution in [-0.4, -0.2) is 48.6 Å². The van der Waals surface area contributed by atoms with Crippen molar-refractivity contribution in [1.82, 2.24) is 4.90 Å². The number of carbonyl (C=O) groups excluding carboxylic acids is 2. The summed E-state index contributed by atoms with van der Waals surface area (Å²) in [6.07, 6.45) is 1.99. The number of rotatable bonds is 6. The fourth-order valence-corrected chi connectivity index (χ4v) is 0.859. The van der Waals surface area contributed by atoms with Gasteiger partial charge in [0.05, 0.1) is 0 Å². The first kappa shape index (κ1) is 14.2. The molecule has 1 atom stereocenters. The van der Waals surface area contributed by atoms with Gasteiger partial charge in [-0.3, -0.25) is 4.79 Å². The van der Waals surface area contributed by atoms with Gasteiger partial charge in [0.2, 0.25) is 6.10 Å². The van der Waals surface area contributed by atoms with Gasteiger partial charge >= 0.3 is 12.1 Å². The third-order valence-corrected chi connectivity index (χ3v) is 1.69. The van der Waals surface area contributed by atoms with Crippen LogP contribution in [0.15, 0.2) is 12.2 Å². The van der Waals surface area contributed by atoms with E-state index in [1.807, 2.05) is 0 Å². The Morgan fingerprint density at radius 1 is 1.44 bits per heavy atom. The summed E-state index contributed by atoms with van der Waals surface area (Å²) in [7, 11) is 2.93. The maximum Gasteiger partial charge on any atom is 0.410 e. The van der Waals surface area contributed by atoms with Crippen molar-refractivity contribution < 1.29 is 24.2 Å². The van der Waals surface area contributed by atoms with Crippen LogP contribution in [0.1, 0.15) is 12.8 Å². The SMILES string of the molecule is CN(C)C(=O)OC(CCC=CC=O)C(=O)O. The molecule has 16 heavy (non-hydrogen) atoms. The molecule has 6 heteroatoms. The van der Waals surface area contributed by atoms with Gasteiger partial charge < -0.3 is 14.7 Å². The van der Waals surface area contributed by atoms with Crippen molar-refractivity contribution >= 4 is 18.3 Å². The second-order valence-electron chi connectivity index (χ2n) is 3.25. The number of amides is 1. The van der Waals surface area contributed by atoms with E-state index < -0.39 is 18.2 Å². The molecular weight excluding hydrogens is 214 g/mol. The topological polar surface area (TPSA) is 83.9 Å². The van der Waals surface area contributed by atoms with Crippen molar-refractivity contribution in [2.45, 2.75) is 18.9 Å². The van der Waals surface area contributed by atoms with Crippen molar-refractivity contribution in [2.75, 3.05) is 14.1 Å². The molecule has 0 spiro atoms. The Labute approximate surface area is 93.5 Å². The molecule has 90 valence electrons. The van der Waals surface area contributed by atoms with Gasteiger partial charge in [-0.25, -0.2) is 9.59 Å². The highest BCUT2D eigenvalue weighted by molar-refractivity contribution is 5.77. The van der Waals surface area contributed by atoms with Crippen molar-refractivity contribution in [3.05, 3.63) is 12.2 Å². The number of hydrogen-bond acceptors (Lipinski definition) is 4. The highest BCUT2D eigenvalue weighted by Crippen LogP contribution is 2.05. The number of aliphatic carboxylic acids is 1. The molecule has 0 aromatic carbocycles. The Morgan fingerprint density at radius 2 is 2.06 bits per heavy atom. The highest BCUT2D eigenvalue weighted by atomic mass is 16.6. The summed E-state index contributed by atoms with van der Waals surface area (Å²) in [4.78, 5) is 32.9. The van der Waals surface area contributed by atoms with E-state index in [2.05, 4.69) is 0 Å². The molecule has 0 bridgehead atoms. The van der Waals surface area contributed by atoms with E-state index in [4.69, 9.17) is 9.84 Å². The number of allylic oxidation sites excluding steroid dienone is 2. The van der Waals surface area contributed by atoms with Crippen LogP contribution in [0.2, 0.25) is 0 Å². The van der Waals surface area contributed by atoms with Crippen molar-refractivity contribution in [3.8, 4) is 0 Å².